The molecule has 0 unspecified atom stereocenters. The summed E-state index contributed by atoms with van der Waals surface area (Å²) in [5.41, 5.74) is 5.16. The van der Waals surface area contributed by atoms with E-state index in [4.69, 9.17) is 15.2 Å². The first-order valence-electron chi connectivity index (χ1n) is 4.03. The monoisotopic (exact) mass is 187 g/mol. The smallest absolute Gasteiger partial charge is 0.313 e. The number of esters is 1. The van der Waals surface area contributed by atoms with Crippen LogP contribution in [0.2, 0.25) is 0 Å². The number of rotatable bonds is 4. The van der Waals surface area contributed by atoms with Gasteiger partial charge in [-0.15, -0.1) is 0 Å². The van der Waals surface area contributed by atoms with Crippen LogP contribution < -0.4 is 5.73 Å². The first-order chi connectivity index (χ1) is 6.02. The maximum atomic E-state index is 10.9. The van der Waals surface area contributed by atoms with Crippen molar-refractivity contribution in [3.63, 3.8) is 0 Å². The summed E-state index contributed by atoms with van der Waals surface area (Å²) in [6.07, 6.45) is -0.184. The fourth-order valence-corrected chi connectivity index (χ4v) is 0.926. The van der Waals surface area contributed by atoms with Crippen LogP contribution in [-0.2, 0) is 19.1 Å². The number of carbonyl (C=O) groups excluding carboxylic acids is 2. The Morgan fingerprint density at radius 2 is 2.15 bits per heavy atom. The van der Waals surface area contributed by atoms with Crippen molar-refractivity contribution < 1.29 is 19.1 Å². The molecule has 1 heterocycles. The van der Waals surface area contributed by atoms with E-state index in [9.17, 15) is 9.59 Å². The Balaban J connectivity index is 2.18. The summed E-state index contributed by atoms with van der Waals surface area (Å²) in [6, 6.07) is 0. The normalized spacial score (nSPS) is 18.9. The number of hydrogen-bond donors (Lipinski definition) is 1. The van der Waals surface area contributed by atoms with E-state index < -0.39 is 11.5 Å². The van der Waals surface area contributed by atoms with Gasteiger partial charge in [0.1, 0.15) is 18.8 Å². The van der Waals surface area contributed by atoms with E-state index in [2.05, 4.69) is 0 Å². The second-order valence-corrected chi connectivity index (χ2v) is 3.39. The third-order valence-corrected chi connectivity index (χ3v) is 1.69. The minimum Gasteiger partial charge on any atom is -0.463 e. The minimum absolute atomic E-state index is 0.124. The highest BCUT2D eigenvalue weighted by molar-refractivity contribution is 5.94. The molecular formula is C8H13NO4. The van der Waals surface area contributed by atoms with Gasteiger partial charge in [-0.1, -0.05) is 0 Å². The summed E-state index contributed by atoms with van der Waals surface area (Å²) in [5, 5.41) is 0. The predicted octanol–water partition coefficient (Wildman–Crippen LogP) is -0.764. The van der Waals surface area contributed by atoms with E-state index in [1.54, 1.807) is 0 Å². The van der Waals surface area contributed by atoms with E-state index in [0.29, 0.717) is 13.2 Å². The van der Waals surface area contributed by atoms with Crippen molar-refractivity contribution in [3.8, 4) is 0 Å². The zero-order valence-corrected chi connectivity index (χ0v) is 7.54. The number of ketones is 1. The van der Waals surface area contributed by atoms with Crippen molar-refractivity contribution >= 4 is 11.8 Å². The Labute approximate surface area is 76.2 Å². The summed E-state index contributed by atoms with van der Waals surface area (Å²) in [4.78, 5) is 21.4. The molecule has 0 bridgehead atoms. The molecule has 13 heavy (non-hydrogen) atoms. The molecule has 0 aliphatic carbocycles. The Morgan fingerprint density at radius 3 is 2.54 bits per heavy atom. The van der Waals surface area contributed by atoms with Crippen molar-refractivity contribution in [2.45, 2.75) is 18.9 Å². The first-order valence-corrected chi connectivity index (χ1v) is 4.03. The van der Waals surface area contributed by atoms with E-state index in [1.165, 1.54) is 6.92 Å². The molecule has 1 saturated heterocycles. The molecule has 2 N–H and O–H groups in total. The van der Waals surface area contributed by atoms with Gasteiger partial charge in [-0.2, -0.15) is 0 Å². The summed E-state index contributed by atoms with van der Waals surface area (Å²) in [6.45, 7) is 2.27. The Kier molecular flexibility index (Phi) is 3.00. The van der Waals surface area contributed by atoms with Crippen molar-refractivity contribution in [1.29, 1.82) is 0 Å². The molecule has 0 aromatic rings. The van der Waals surface area contributed by atoms with E-state index >= 15 is 0 Å². The quantitative estimate of drug-likeness (QED) is 0.462. The molecule has 0 radical (unpaired) electrons. The fraction of sp³-hybridized carbons (Fsp3) is 0.750. The van der Waals surface area contributed by atoms with Gasteiger partial charge in [0.2, 0.25) is 0 Å². The highest BCUT2D eigenvalue weighted by Gasteiger charge is 2.35. The van der Waals surface area contributed by atoms with Gasteiger partial charge in [-0.25, -0.2) is 0 Å². The summed E-state index contributed by atoms with van der Waals surface area (Å²) in [7, 11) is 0. The van der Waals surface area contributed by atoms with Crippen LogP contribution in [0.25, 0.3) is 0 Å². The third-order valence-electron chi connectivity index (χ3n) is 1.69. The molecule has 0 saturated carbocycles. The number of Topliss-reactive ketones (excluding diaryl/α,β-unsaturated/α-hetero) is 1. The molecule has 1 aliphatic rings. The van der Waals surface area contributed by atoms with Gasteiger partial charge in [0.25, 0.3) is 0 Å². The minimum atomic E-state index is -0.535. The van der Waals surface area contributed by atoms with E-state index in [1.807, 2.05) is 0 Å². The van der Waals surface area contributed by atoms with Gasteiger partial charge in [0.05, 0.1) is 18.8 Å². The zero-order valence-electron chi connectivity index (χ0n) is 7.54. The average molecular weight is 187 g/mol. The Bertz CT molecular complexity index is 222. The second-order valence-electron chi connectivity index (χ2n) is 3.39. The molecule has 74 valence electrons. The average Bonchev–Trinajstić information content (AvgIpc) is 1.96. The number of carbonyl (C=O) groups is 2. The van der Waals surface area contributed by atoms with Crippen LogP contribution in [0, 0.1) is 0 Å². The van der Waals surface area contributed by atoms with Crippen LogP contribution in [0.5, 0.6) is 0 Å². The fourth-order valence-electron chi connectivity index (χ4n) is 0.926. The molecule has 5 nitrogen and oxygen atoms in total. The maximum Gasteiger partial charge on any atom is 0.313 e. The summed E-state index contributed by atoms with van der Waals surface area (Å²) < 4.78 is 9.66. The topological polar surface area (TPSA) is 78.6 Å². The lowest BCUT2D eigenvalue weighted by Gasteiger charge is -2.36. The second kappa shape index (κ2) is 3.85. The van der Waals surface area contributed by atoms with Crippen molar-refractivity contribution in [1.82, 2.24) is 0 Å². The lowest BCUT2D eigenvalue weighted by Crippen LogP contribution is -2.60. The van der Waals surface area contributed by atoms with Crippen LogP contribution in [0.15, 0.2) is 0 Å². The molecule has 0 aromatic heterocycles. The number of nitrogens with two attached hydrogens (primary N) is 1. The molecule has 0 atom stereocenters. The van der Waals surface area contributed by atoms with Gasteiger partial charge in [0, 0.05) is 0 Å². The molecule has 1 rings (SSSR count). The third kappa shape index (κ3) is 3.12. The van der Waals surface area contributed by atoms with Gasteiger partial charge < -0.3 is 15.2 Å². The van der Waals surface area contributed by atoms with Crippen LogP contribution in [0.1, 0.15) is 13.3 Å². The molecule has 0 spiro atoms. The molecule has 0 amide bonds. The number of hydrogen-bond acceptors (Lipinski definition) is 5. The molecule has 0 aromatic carbocycles. The molecule has 1 fully saturated rings. The van der Waals surface area contributed by atoms with Crippen molar-refractivity contribution in [3.05, 3.63) is 0 Å². The molecule has 1 aliphatic heterocycles. The van der Waals surface area contributed by atoms with Crippen LogP contribution in [0.4, 0.5) is 0 Å². The van der Waals surface area contributed by atoms with Gasteiger partial charge in [-0.05, 0) is 6.92 Å². The van der Waals surface area contributed by atoms with Crippen molar-refractivity contribution in [2.24, 2.45) is 5.73 Å². The Hall–Kier alpha value is -0.940. The molecular weight excluding hydrogens is 174 g/mol. The predicted molar refractivity (Wildman–Crippen MR) is 44.0 cm³/mol. The van der Waals surface area contributed by atoms with Gasteiger partial charge in [0.15, 0.2) is 0 Å². The molecule has 5 heteroatoms. The highest BCUT2D eigenvalue weighted by atomic mass is 16.5. The lowest BCUT2D eigenvalue weighted by molar-refractivity contribution is -0.154. The van der Waals surface area contributed by atoms with E-state index in [-0.39, 0.29) is 18.8 Å². The van der Waals surface area contributed by atoms with Gasteiger partial charge >= 0.3 is 5.97 Å². The van der Waals surface area contributed by atoms with Crippen LogP contribution >= 0.6 is 0 Å². The summed E-state index contributed by atoms with van der Waals surface area (Å²) in [5.74, 6) is -0.731. The summed E-state index contributed by atoms with van der Waals surface area (Å²) >= 11 is 0. The van der Waals surface area contributed by atoms with Crippen molar-refractivity contribution in [2.75, 3.05) is 19.8 Å². The largest absolute Gasteiger partial charge is 0.463 e. The highest BCUT2D eigenvalue weighted by Crippen LogP contribution is 2.13. The van der Waals surface area contributed by atoms with Gasteiger partial charge in [-0.3, -0.25) is 9.59 Å². The lowest BCUT2D eigenvalue weighted by atomic mass is 10.0. The Morgan fingerprint density at radius 1 is 1.54 bits per heavy atom. The van der Waals surface area contributed by atoms with Crippen LogP contribution in [0.3, 0.4) is 0 Å². The zero-order chi connectivity index (χ0) is 9.90. The van der Waals surface area contributed by atoms with Crippen LogP contribution in [-0.4, -0.2) is 37.1 Å². The van der Waals surface area contributed by atoms with E-state index in [0.717, 1.165) is 0 Å². The SMILES string of the molecule is CC(=O)CC(=O)OCC1(N)COC1. The standard InChI is InChI=1S/C8H13NO4/c1-6(10)2-7(11)13-5-8(9)3-12-4-8/h2-5,9H2,1H3. The first kappa shape index (κ1) is 10.1. The number of ether oxygens (including phenoxy) is 2. The maximum absolute atomic E-state index is 10.9.